The van der Waals surface area contributed by atoms with Gasteiger partial charge in [0.1, 0.15) is 4.88 Å². The molecule has 19 heavy (non-hydrogen) atoms. The molecule has 0 bridgehead atoms. The second kappa shape index (κ2) is 5.71. The Labute approximate surface area is 124 Å². The molecule has 0 aliphatic carbocycles. The lowest BCUT2D eigenvalue weighted by Gasteiger charge is -2.10. The number of ether oxygens (including phenoxy) is 1. The van der Waals surface area contributed by atoms with Gasteiger partial charge in [0.05, 0.1) is 19.0 Å². The van der Waals surface area contributed by atoms with E-state index in [2.05, 4.69) is 37.0 Å². The monoisotopic (exact) mass is 340 g/mol. The maximum atomic E-state index is 11.4. The lowest BCUT2D eigenvalue weighted by atomic mass is 10.1. The number of nitrogens with zero attached hydrogens (tertiary/aromatic N) is 1. The highest BCUT2D eigenvalue weighted by molar-refractivity contribution is 9.10. The van der Waals surface area contributed by atoms with Gasteiger partial charge in [-0.05, 0) is 47.0 Å². The molecule has 0 saturated heterocycles. The molecule has 0 aliphatic rings. The van der Waals surface area contributed by atoms with Gasteiger partial charge in [-0.2, -0.15) is 0 Å². The minimum absolute atomic E-state index is 0.370. The van der Waals surface area contributed by atoms with Gasteiger partial charge in [-0.15, -0.1) is 0 Å². The zero-order valence-corrected chi connectivity index (χ0v) is 13.2. The summed E-state index contributed by atoms with van der Waals surface area (Å²) in [6.45, 7) is 4.06. The van der Waals surface area contributed by atoms with Crippen molar-refractivity contribution in [2.75, 3.05) is 12.4 Å². The number of anilines is 2. The Morgan fingerprint density at radius 3 is 2.79 bits per heavy atom. The molecule has 0 fully saturated rings. The van der Waals surface area contributed by atoms with Gasteiger partial charge >= 0.3 is 5.97 Å². The zero-order valence-electron chi connectivity index (χ0n) is 10.8. The van der Waals surface area contributed by atoms with Gasteiger partial charge in [0.2, 0.25) is 0 Å². The van der Waals surface area contributed by atoms with Gasteiger partial charge in [0.25, 0.3) is 0 Å². The Morgan fingerprint density at radius 1 is 1.42 bits per heavy atom. The zero-order chi connectivity index (χ0) is 14.0. The summed E-state index contributed by atoms with van der Waals surface area (Å²) < 4.78 is 5.63. The normalized spacial score (nSPS) is 10.3. The number of hydrogen-bond donors (Lipinski definition) is 1. The average molecular weight is 341 g/mol. The molecule has 4 nitrogen and oxygen atoms in total. The predicted molar refractivity (Wildman–Crippen MR) is 80.4 cm³/mol. The first kappa shape index (κ1) is 14.0. The van der Waals surface area contributed by atoms with Gasteiger partial charge in [0, 0.05) is 4.47 Å². The lowest BCUT2D eigenvalue weighted by molar-refractivity contribution is 0.0606. The van der Waals surface area contributed by atoms with Crippen molar-refractivity contribution in [3.05, 3.63) is 38.8 Å². The fourth-order valence-corrected chi connectivity index (χ4v) is 3.22. The second-order valence-corrected chi connectivity index (χ2v) is 5.97. The van der Waals surface area contributed by atoms with Crippen LogP contribution in [-0.2, 0) is 4.74 Å². The standard InChI is InChI=1S/C13H13BrN2O2S/c1-7-4-8(2)11(9(14)5-7)16-13-15-6-10(19-13)12(17)18-3/h4-6H,1-3H3,(H,15,16). The number of benzene rings is 1. The largest absolute Gasteiger partial charge is 0.465 e. The number of carbonyl (C=O) groups excluding carboxylic acids is 1. The fraction of sp³-hybridized carbons (Fsp3) is 0.231. The molecule has 100 valence electrons. The summed E-state index contributed by atoms with van der Waals surface area (Å²) in [5.74, 6) is -0.370. The first-order valence-corrected chi connectivity index (χ1v) is 7.20. The second-order valence-electron chi connectivity index (χ2n) is 4.08. The number of halogens is 1. The summed E-state index contributed by atoms with van der Waals surface area (Å²) in [7, 11) is 1.36. The van der Waals surface area contributed by atoms with Crippen LogP contribution in [0.3, 0.4) is 0 Å². The Balaban J connectivity index is 2.27. The third-order valence-electron chi connectivity index (χ3n) is 2.56. The minimum Gasteiger partial charge on any atom is -0.465 e. The molecule has 0 amide bonds. The van der Waals surface area contributed by atoms with Crippen molar-refractivity contribution in [2.45, 2.75) is 13.8 Å². The molecule has 1 aromatic heterocycles. The SMILES string of the molecule is COC(=O)c1cnc(Nc2c(C)cc(C)cc2Br)s1. The molecule has 2 aromatic rings. The number of thiazole rings is 1. The molecule has 0 unspecified atom stereocenters. The highest BCUT2D eigenvalue weighted by Gasteiger charge is 2.12. The van der Waals surface area contributed by atoms with Crippen molar-refractivity contribution in [3.63, 3.8) is 0 Å². The number of hydrogen-bond acceptors (Lipinski definition) is 5. The molecular weight excluding hydrogens is 328 g/mol. The van der Waals surface area contributed by atoms with Crippen molar-refractivity contribution >= 4 is 44.1 Å². The molecule has 1 aromatic carbocycles. The minimum atomic E-state index is -0.370. The van der Waals surface area contributed by atoms with Gasteiger partial charge in [-0.3, -0.25) is 0 Å². The van der Waals surface area contributed by atoms with E-state index in [1.54, 1.807) is 0 Å². The van der Waals surface area contributed by atoms with Crippen molar-refractivity contribution in [1.29, 1.82) is 0 Å². The summed E-state index contributed by atoms with van der Waals surface area (Å²) in [6.07, 6.45) is 1.51. The van der Waals surface area contributed by atoms with Gasteiger partial charge in [0.15, 0.2) is 5.13 Å². The first-order valence-electron chi connectivity index (χ1n) is 5.59. The molecule has 0 saturated carbocycles. The van der Waals surface area contributed by atoms with Crippen LogP contribution in [0.2, 0.25) is 0 Å². The van der Waals surface area contributed by atoms with E-state index in [4.69, 9.17) is 0 Å². The Morgan fingerprint density at radius 2 is 2.16 bits per heavy atom. The Hall–Kier alpha value is -1.40. The van der Waals surface area contributed by atoms with Crippen LogP contribution in [0.5, 0.6) is 0 Å². The molecule has 0 spiro atoms. The number of aromatic nitrogens is 1. The lowest BCUT2D eigenvalue weighted by Crippen LogP contribution is -1.97. The van der Waals surface area contributed by atoms with E-state index in [0.717, 1.165) is 15.7 Å². The molecule has 6 heteroatoms. The molecule has 2 rings (SSSR count). The summed E-state index contributed by atoms with van der Waals surface area (Å²) in [5.41, 5.74) is 3.25. The van der Waals surface area contributed by atoms with E-state index < -0.39 is 0 Å². The van der Waals surface area contributed by atoms with Crippen LogP contribution < -0.4 is 5.32 Å². The van der Waals surface area contributed by atoms with E-state index in [9.17, 15) is 4.79 Å². The number of rotatable bonds is 3. The van der Waals surface area contributed by atoms with Gasteiger partial charge in [-0.25, -0.2) is 9.78 Å². The number of esters is 1. The summed E-state index contributed by atoms with van der Waals surface area (Å²) in [6, 6.07) is 4.12. The Kier molecular flexibility index (Phi) is 4.21. The fourth-order valence-electron chi connectivity index (χ4n) is 1.71. The molecule has 0 atom stereocenters. The van der Waals surface area contributed by atoms with Crippen LogP contribution in [0.15, 0.2) is 22.8 Å². The smallest absolute Gasteiger partial charge is 0.349 e. The summed E-state index contributed by atoms with van der Waals surface area (Å²) in [5, 5.41) is 3.88. The van der Waals surface area contributed by atoms with E-state index in [-0.39, 0.29) is 5.97 Å². The van der Waals surface area contributed by atoms with Crippen molar-refractivity contribution in [3.8, 4) is 0 Å². The van der Waals surface area contributed by atoms with Crippen LogP contribution in [0.1, 0.15) is 20.8 Å². The average Bonchev–Trinajstić information content (AvgIpc) is 2.81. The maximum absolute atomic E-state index is 11.4. The van der Waals surface area contributed by atoms with E-state index in [1.165, 1.54) is 30.2 Å². The van der Waals surface area contributed by atoms with Crippen molar-refractivity contribution in [1.82, 2.24) is 4.98 Å². The third kappa shape index (κ3) is 3.13. The summed E-state index contributed by atoms with van der Waals surface area (Å²) >= 11 is 4.79. The van der Waals surface area contributed by atoms with Crippen molar-refractivity contribution in [2.24, 2.45) is 0 Å². The quantitative estimate of drug-likeness (QED) is 0.856. The van der Waals surface area contributed by atoms with E-state index in [0.29, 0.717) is 10.0 Å². The number of carbonyl (C=O) groups is 1. The molecule has 1 heterocycles. The number of methoxy groups -OCH3 is 1. The number of nitrogens with one attached hydrogen (secondary N) is 1. The third-order valence-corrected chi connectivity index (χ3v) is 4.07. The number of aryl methyl sites for hydroxylation is 2. The molecule has 0 aliphatic heterocycles. The molecule has 1 N–H and O–H groups in total. The highest BCUT2D eigenvalue weighted by atomic mass is 79.9. The maximum Gasteiger partial charge on any atom is 0.349 e. The first-order chi connectivity index (χ1) is 9.01. The van der Waals surface area contributed by atoms with E-state index >= 15 is 0 Å². The van der Waals surface area contributed by atoms with E-state index in [1.807, 2.05) is 19.9 Å². The highest BCUT2D eigenvalue weighted by Crippen LogP contribution is 2.32. The van der Waals surface area contributed by atoms with Crippen LogP contribution >= 0.6 is 27.3 Å². The van der Waals surface area contributed by atoms with Crippen LogP contribution in [0.25, 0.3) is 0 Å². The van der Waals surface area contributed by atoms with Gasteiger partial charge < -0.3 is 10.1 Å². The van der Waals surface area contributed by atoms with Crippen LogP contribution in [0, 0.1) is 13.8 Å². The topological polar surface area (TPSA) is 51.2 Å². The molecule has 0 radical (unpaired) electrons. The molecular formula is C13H13BrN2O2S. The van der Waals surface area contributed by atoms with Gasteiger partial charge in [-0.1, -0.05) is 17.4 Å². The van der Waals surface area contributed by atoms with Crippen molar-refractivity contribution < 1.29 is 9.53 Å². The van der Waals surface area contributed by atoms with Crippen LogP contribution in [0.4, 0.5) is 10.8 Å². The Bertz CT molecular complexity index is 602. The predicted octanol–water partition coefficient (Wildman–Crippen LogP) is 4.05. The van der Waals surface area contributed by atoms with Crippen LogP contribution in [-0.4, -0.2) is 18.1 Å². The summed E-state index contributed by atoms with van der Waals surface area (Å²) in [4.78, 5) is 16.0.